The summed E-state index contributed by atoms with van der Waals surface area (Å²) in [5.74, 6) is 0.718. The van der Waals surface area contributed by atoms with Crippen molar-refractivity contribution < 1.29 is 9.25 Å². The first-order valence-electron chi connectivity index (χ1n) is 5.51. The van der Waals surface area contributed by atoms with Crippen LogP contribution in [0.25, 0.3) is 0 Å². The Morgan fingerprint density at radius 2 is 2.00 bits per heavy atom. The number of nitrogens with two attached hydrogens (primary N) is 1. The first kappa shape index (κ1) is 12.7. The van der Waals surface area contributed by atoms with E-state index in [4.69, 9.17) is 15.0 Å². The van der Waals surface area contributed by atoms with E-state index in [0.717, 1.165) is 6.42 Å². The van der Waals surface area contributed by atoms with Crippen LogP contribution in [0, 0.1) is 0 Å². The highest BCUT2D eigenvalue weighted by atomic mass is 79.9. The van der Waals surface area contributed by atoms with Gasteiger partial charge in [0.1, 0.15) is 6.61 Å². The average molecular weight is 309 g/mol. The standard InChI is InChI=1S/C13H13BrN2O2/c14-12-7-6-11(18-12)13(15)16-17-9-8-10-4-2-1-3-5-10/h1-7H,8-9H2,(H2,15,16). The second-order valence-electron chi connectivity index (χ2n) is 3.65. The second kappa shape index (κ2) is 6.26. The maximum absolute atomic E-state index is 5.70. The monoisotopic (exact) mass is 308 g/mol. The number of furan rings is 1. The Hall–Kier alpha value is -1.75. The van der Waals surface area contributed by atoms with Gasteiger partial charge in [-0.25, -0.2) is 0 Å². The van der Waals surface area contributed by atoms with Crippen LogP contribution in [0.3, 0.4) is 0 Å². The van der Waals surface area contributed by atoms with Gasteiger partial charge in [-0.2, -0.15) is 0 Å². The summed E-state index contributed by atoms with van der Waals surface area (Å²) in [7, 11) is 0. The van der Waals surface area contributed by atoms with Crippen LogP contribution < -0.4 is 5.73 Å². The lowest BCUT2D eigenvalue weighted by atomic mass is 10.2. The van der Waals surface area contributed by atoms with Crippen LogP contribution in [0.1, 0.15) is 11.3 Å². The first-order valence-corrected chi connectivity index (χ1v) is 6.30. The van der Waals surface area contributed by atoms with Gasteiger partial charge in [0, 0.05) is 6.42 Å². The topological polar surface area (TPSA) is 60.8 Å². The molecule has 2 N–H and O–H groups in total. The zero-order valence-corrected chi connectivity index (χ0v) is 11.3. The third kappa shape index (κ3) is 3.63. The molecule has 1 heterocycles. The van der Waals surface area contributed by atoms with Gasteiger partial charge in [-0.15, -0.1) is 0 Å². The number of amidine groups is 1. The molecular formula is C13H13BrN2O2. The molecule has 0 atom stereocenters. The van der Waals surface area contributed by atoms with Crippen LogP contribution in [0.5, 0.6) is 0 Å². The molecule has 0 saturated carbocycles. The van der Waals surface area contributed by atoms with Gasteiger partial charge in [0.25, 0.3) is 0 Å². The molecule has 2 aromatic rings. The molecule has 18 heavy (non-hydrogen) atoms. The van der Waals surface area contributed by atoms with Crippen molar-refractivity contribution in [2.75, 3.05) is 6.61 Å². The largest absolute Gasteiger partial charge is 0.446 e. The number of halogens is 1. The molecule has 0 saturated heterocycles. The van der Waals surface area contributed by atoms with Gasteiger partial charge in [0.05, 0.1) is 0 Å². The van der Waals surface area contributed by atoms with Gasteiger partial charge in [-0.3, -0.25) is 0 Å². The average Bonchev–Trinajstić information content (AvgIpc) is 2.82. The van der Waals surface area contributed by atoms with E-state index in [1.165, 1.54) is 5.56 Å². The highest BCUT2D eigenvalue weighted by Gasteiger charge is 2.04. The van der Waals surface area contributed by atoms with Crippen LogP contribution >= 0.6 is 15.9 Å². The molecule has 1 aromatic carbocycles. The lowest BCUT2D eigenvalue weighted by molar-refractivity contribution is 0.147. The third-order valence-electron chi connectivity index (χ3n) is 2.31. The maximum Gasteiger partial charge on any atom is 0.206 e. The van der Waals surface area contributed by atoms with Crippen LogP contribution in [0.4, 0.5) is 0 Å². The quantitative estimate of drug-likeness (QED) is 0.400. The van der Waals surface area contributed by atoms with E-state index in [2.05, 4.69) is 21.1 Å². The summed E-state index contributed by atoms with van der Waals surface area (Å²) in [6.07, 6.45) is 0.791. The summed E-state index contributed by atoms with van der Waals surface area (Å²) < 4.78 is 5.85. The minimum Gasteiger partial charge on any atom is -0.446 e. The van der Waals surface area contributed by atoms with Gasteiger partial charge < -0.3 is 15.0 Å². The second-order valence-corrected chi connectivity index (χ2v) is 4.43. The van der Waals surface area contributed by atoms with Gasteiger partial charge in [-0.05, 0) is 33.6 Å². The SMILES string of the molecule is NC(=NOCCc1ccccc1)c1ccc(Br)o1. The number of rotatable bonds is 5. The van der Waals surface area contributed by atoms with Gasteiger partial charge in [-0.1, -0.05) is 35.5 Å². The van der Waals surface area contributed by atoms with E-state index < -0.39 is 0 Å². The van der Waals surface area contributed by atoms with Crippen LogP contribution in [-0.2, 0) is 11.3 Å². The normalized spacial score (nSPS) is 11.5. The Morgan fingerprint density at radius 1 is 1.22 bits per heavy atom. The Morgan fingerprint density at radius 3 is 2.67 bits per heavy atom. The van der Waals surface area contributed by atoms with Gasteiger partial charge in [0.15, 0.2) is 10.4 Å². The molecule has 0 fully saturated rings. The third-order valence-corrected chi connectivity index (χ3v) is 2.74. The predicted molar refractivity (Wildman–Crippen MR) is 73.2 cm³/mol. The fourth-order valence-corrected chi connectivity index (χ4v) is 1.73. The Bertz CT molecular complexity index is 523. The lowest BCUT2D eigenvalue weighted by Gasteiger charge is -2.01. The summed E-state index contributed by atoms with van der Waals surface area (Å²) in [4.78, 5) is 5.15. The zero-order valence-electron chi connectivity index (χ0n) is 9.67. The van der Waals surface area contributed by atoms with E-state index in [9.17, 15) is 0 Å². The molecule has 0 aliphatic rings. The van der Waals surface area contributed by atoms with Crippen molar-refractivity contribution in [3.05, 3.63) is 58.5 Å². The summed E-state index contributed by atoms with van der Waals surface area (Å²) in [6.45, 7) is 0.479. The molecule has 0 unspecified atom stereocenters. The molecule has 0 spiro atoms. The zero-order chi connectivity index (χ0) is 12.8. The van der Waals surface area contributed by atoms with Gasteiger partial charge >= 0.3 is 0 Å². The Kier molecular flexibility index (Phi) is 4.41. The van der Waals surface area contributed by atoms with Crippen molar-refractivity contribution in [3.8, 4) is 0 Å². The lowest BCUT2D eigenvalue weighted by Crippen LogP contribution is -2.13. The number of oxime groups is 1. The first-order chi connectivity index (χ1) is 8.75. The van der Waals surface area contributed by atoms with E-state index in [0.29, 0.717) is 17.0 Å². The highest BCUT2D eigenvalue weighted by molar-refractivity contribution is 9.10. The van der Waals surface area contributed by atoms with Gasteiger partial charge in [0.2, 0.25) is 5.84 Å². The molecule has 2 rings (SSSR count). The van der Waals surface area contributed by atoms with Crippen molar-refractivity contribution in [3.63, 3.8) is 0 Å². The van der Waals surface area contributed by atoms with Crippen LogP contribution in [0.15, 0.2) is 56.7 Å². The molecule has 0 bridgehead atoms. The highest BCUT2D eigenvalue weighted by Crippen LogP contribution is 2.13. The van der Waals surface area contributed by atoms with E-state index >= 15 is 0 Å². The fraction of sp³-hybridized carbons (Fsp3) is 0.154. The summed E-state index contributed by atoms with van der Waals surface area (Å²) in [6, 6.07) is 13.5. The van der Waals surface area contributed by atoms with Crippen LogP contribution in [0.2, 0.25) is 0 Å². The van der Waals surface area contributed by atoms with E-state index in [1.54, 1.807) is 12.1 Å². The molecule has 5 heteroatoms. The van der Waals surface area contributed by atoms with Crippen molar-refractivity contribution in [1.82, 2.24) is 0 Å². The van der Waals surface area contributed by atoms with Crippen molar-refractivity contribution in [1.29, 1.82) is 0 Å². The number of hydrogen-bond acceptors (Lipinski definition) is 3. The number of nitrogens with zero attached hydrogens (tertiary/aromatic N) is 1. The predicted octanol–water partition coefficient (Wildman–Crippen LogP) is 2.92. The molecule has 0 aliphatic heterocycles. The maximum atomic E-state index is 5.70. The number of hydrogen-bond donors (Lipinski definition) is 1. The van der Waals surface area contributed by atoms with Crippen LogP contribution in [-0.4, -0.2) is 12.4 Å². The van der Waals surface area contributed by atoms with E-state index in [1.807, 2.05) is 30.3 Å². The summed E-state index contributed by atoms with van der Waals surface area (Å²) in [5.41, 5.74) is 6.90. The minimum atomic E-state index is 0.230. The van der Waals surface area contributed by atoms with Crippen molar-refractivity contribution in [2.45, 2.75) is 6.42 Å². The minimum absolute atomic E-state index is 0.230. The molecule has 0 radical (unpaired) electrons. The molecule has 94 valence electrons. The Labute approximate surface area is 114 Å². The molecule has 4 nitrogen and oxygen atoms in total. The summed E-state index contributed by atoms with van der Waals surface area (Å²) in [5, 5.41) is 3.80. The smallest absolute Gasteiger partial charge is 0.206 e. The van der Waals surface area contributed by atoms with E-state index in [-0.39, 0.29) is 5.84 Å². The van der Waals surface area contributed by atoms with Crippen molar-refractivity contribution >= 4 is 21.8 Å². The Balaban J connectivity index is 1.81. The molecule has 0 amide bonds. The molecule has 1 aromatic heterocycles. The summed E-state index contributed by atoms with van der Waals surface area (Å²) >= 11 is 3.19. The van der Waals surface area contributed by atoms with Crippen molar-refractivity contribution in [2.24, 2.45) is 10.9 Å². The molecule has 0 aliphatic carbocycles. The fourth-order valence-electron chi connectivity index (χ4n) is 1.42. The number of benzene rings is 1. The molecular weight excluding hydrogens is 296 g/mol.